The third-order valence-corrected chi connectivity index (χ3v) is 2.35. The van der Waals surface area contributed by atoms with Gasteiger partial charge in [0.25, 0.3) is 5.91 Å². The first-order chi connectivity index (χ1) is 9.70. The molecule has 0 aromatic carbocycles. The Labute approximate surface area is 117 Å². The van der Waals surface area contributed by atoms with Gasteiger partial charge in [-0.15, -0.1) is 0 Å². The highest BCUT2D eigenvalue weighted by Crippen LogP contribution is 2.14. The number of aromatic carboxylic acids is 1. The summed E-state index contributed by atoms with van der Waals surface area (Å²) in [6, 6.07) is 2.46. The van der Waals surface area contributed by atoms with Crippen LogP contribution in [-0.2, 0) is 4.74 Å². The van der Waals surface area contributed by atoms with Crippen LogP contribution in [0.4, 0.5) is 13.2 Å². The Morgan fingerprint density at radius 2 is 2.05 bits per heavy atom. The molecule has 2 N–H and O–H groups in total. The number of nitrogens with one attached hydrogen (secondary N) is 1. The van der Waals surface area contributed by atoms with Crippen LogP contribution in [0.3, 0.4) is 0 Å². The summed E-state index contributed by atoms with van der Waals surface area (Å²) < 4.78 is 39.7. The highest BCUT2D eigenvalue weighted by atomic mass is 19.4. The monoisotopic (exact) mass is 306 g/mol. The molecule has 116 valence electrons. The second-order valence-corrected chi connectivity index (χ2v) is 4.06. The lowest BCUT2D eigenvalue weighted by atomic mass is 10.2. The van der Waals surface area contributed by atoms with E-state index in [9.17, 15) is 22.8 Å². The molecule has 0 radical (unpaired) electrons. The average Bonchev–Trinajstić information content (AvgIpc) is 2.36. The number of hydrogen-bond donors (Lipinski definition) is 2. The fraction of sp³-hybridized carbons (Fsp3) is 0.417. The third kappa shape index (κ3) is 5.78. The van der Waals surface area contributed by atoms with Crippen LogP contribution < -0.4 is 5.32 Å². The van der Waals surface area contributed by atoms with Crippen molar-refractivity contribution >= 4 is 11.9 Å². The first-order valence-electron chi connectivity index (χ1n) is 5.84. The zero-order chi connectivity index (χ0) is 16.0. The van der Waals surface area contributed by atoms with Crippen molar-refractivity contribution in [2.24, 2.45) is 0 Å². The fourth-order valence-electron chi connectivity index (χ4n) is 1.43. The molecular weight excluding hydrogens is 293 g/mol. The molecule has 1 rings (SSSR count). The number of carboxylic acids is 1. The van der Waals surface area contributed by atoms with Gasteiger partial charge in [-0.2, -0.15) is 13.2 Å². The normalized spacial score (nSPS) is 11.2. The molecule has 9 heteroatoms. The van der Waals surface area contributed by atoms with Crippen molar-refractivity contribution in [3.63, 3.8) is 0 Å². The molecule has 0 aliphatic heterocycles. The third-order valence-electron chi connectivity index (χ3n) is 2.35. The second kappa shape index (κ2) is 7.02. The van der Waals surface area contributed by atoms with Gasteiger partial charge in [-0.3, -0.25) is 4.79 Å². The van der Waals surface area contributed by atoms with Crippen LogP contribution in [0, 0.1) is 6.92 Å². The van der Waals surface area contributed by atoms with Gasteiger partial charge < -0.3 is 15.2 Å². The number of ether oxygens (including phenoxy) is 1. The number of aryl methyl sites for hydroxylation is 1. The predicted octanol–water partition coefficient (Wildman–Crippen LogP) is 1.40. The van der Waals surface area contributed by atoms with Crippen molar-refractivity contribution in [3.8, 4) is 0 Å². The van der Waals surface area contributed by atoms with Gasteiger partial charge in [0.15, 0.2) is 0 Å². The van der Waals surface area contributed by atoms with Crippen molar-refractivity contribution in [1.29, 1.82) is 0 Å². The van der Waals surface area contributed by atoms with E-state index in [0.29, 0.717) is 0 Å². The van der Waals surface area contributed by atoms with Crippen molar-refractivity contribution in [2.45, 2.75) is 13.1 Å². The van der Waals surface area contributed by atoms with E-state index >= 15 is 0 Å². The average molecular weight is 306 g/mol. The lowest BCUT2D eigenvalue weighted by Gasteiger charge is -2.09. The first kappa shape index (κ1) is 16.9. The quantitative estimate of drug-likeness (QED) is 0.776. The van der Waals surface area contributed by atoms with Gasteiger partial charge in [0.2, 0.25) is 0 Å². The van der Waals surface area contributed by atoms with E-state index in [4.69, 9.17) is 5.11 Å². The van der Waals surface area contributed by atoms with E-state index in [-0.39, 0.29) is 30.1 Å². The number of carbonyl (C=O) groups is 2. The largest absolute Gasteiger partial charge is 0.478 e. The summed E-state index contributed by atoms with van der Waals surface area (Å²) >= 11 is 0. The summed E-state index contributed by atoms with van der Waals surface area (Å²) in [5.41, 5.74) is 0.122. The van der Waals surface area contributed by atoms with Crippen LogP contribution >= 0.6 is 0 Å². The van der Waals surface area contributed by atoms with Gasteiger partial charge >= 0.3 is 12.1 Å². The summed E-state index contributed by atoms with van der Waals surface area (Å²) in [7, 11) is 0. The van der Waals surface area contributed by atoms with Crippen LogP contribution in [0.2, 0.25) is 0 Å². The van der Waals surface area contributed by atoms with E-state index in [1.54, 1.807) is 0 Å². The summed E-state index contributed by atoms with van der Waals surface area (Å²) in [6.45, 7) is -0.353. The Morgan fingerprint density at radius 1 is 1.38 bits per heavy atom. The number of nitrogens with zero attached hydrogens (tertiary/aromatic N) is 1. The smallest absolute Gasteiger partial charge is 0.411 e. The minimum atomic E-state index is -4.41. The molecule has 0 bridgehead atoms. The zero-order valence-electron chi connectivity index (χ0n) is 11.0. The van der Waals surface area contributed by atoms with Crippen molar-refractivity contribution < 1.29 is 32.6 Å². The Hall–Kier alpha value is -2.16. The number of amides is 1. The van der Waals surface area contributed by atoms with Crippen LogP contribution in [0.15, 0.2) is 12.1 Å². The Balaban J connectivity index is 2.46. The number of hydrogen-bond acceptors (Lipinski definition) is 4. The molecule has 0 saturated carbocycles. The number of alkyl halides is 3. The predicted molar refractivity (Wildman–Crippen MR) is 65.1 cm³/mol. The number of pyridine rings is 1. The maximum Gasteiger partial charge on any atom is 0.411 e. The lowest BCUT2D eigenvalue weighted by Crippen LogP contribution is -2.29. The maximum absolute atomic E-state index is 11.8. The summed E-state index contributed by atoms with van der Waals surface area (Å²) in [6.07, 6.45) is -4.41. The van der Waals surface area contributed by atoms with E-state index < -0.39 is 24.7 Å². The van der Waals surface area contributed by atoms with Gasteiger partial charge in [-0.1, -0.05) is 0 Å². The van der Waals surface area contributed by atoms with Crippen molar-refractivity contribution in [3.05, 3.63) is 29.1 Å². The van der Waals surface area contributed by atoms with Gasteiger partial charge in [0, 0.05) is 6.54 Å². The Morgan fingerprint density at radius 3 is 2.57 bits per heavy atom. The second-order valence-electron chi connectivity index (χ2n) is 4.06. The fourth-order valence-corrected chi connectivity index (χ4v) is 1.43. The summed E-state index contributed by atoms with van der Waals surface area (Å²) in [4.78, 5) is 26.2. The Bertz CT molecular complexity index is 532. The van der Waals surface area contributed by atoms with Crippen molar-refractivity contribution in [1.82, 2.24) is 10.3 Å². The molecule has 0 fully saturated rings. The molecule has 1 aromatic rings. The van der Waals surface area contributed by atoms with Crippen LogP contribution in [-0.4, -0.2) is 47.9 Å². The highest BCUT2D eigenvalue weighted by molar-refractivity contribution is 5.94. The minimum Gasteiger partial charge on any atom is -0.478 e. The highest BCUT2D eigenvalue weighted by Gasteiger charge is 2.27. The topological polar surface area (TPSA) is 88.5 Å². The molecule has 21 heavy (non-hydrogen) atoms. The lowest BCUT2D eigenvalue weighted by molar-refractivity contribution is -0.173. The molecule has 1 aromatic heterocycles. The maximum atomic E-state index is 11.8. The zero-order valence-corrected chi connectivity index (χ0v) is 11.0. The molecule has 1 amide bonds. The van der Waals surface area contributed by atoms with Crippen LogP contribution in [0.1, 0.15) is 26.5 Å². The minimum absolute atomic E-state index is 0.0201. The molecule has 6 nitrogen and oxygen atoms in total. The number of carboxylic acid groups (broad SMARTS) is 1. The molecule has 0 unspecified atom stereocenters. The molecular formula is C12H13F3N2O4. The van der Waals surface area contributed by atoms with E-state index in [1.807, 2.05) is 0 Å². The number of rotatable bonds is 6. The van der Waals surface area contributed by atoms with Gasteiger partial charge in [-0.25, -0.2) is 9.78 Å². The number of aromatic nitrogens is 1. The summed E-state index contributed by atoms with van der Waals surface area (Å²) in [5.74, 6) is -1.78. The molecule has 0 spiro atoms. The van der Waals surface area contributed by atoms with E-state index in [2.05, 4.69) is 15.0 Å². The van der Waals surface area contributed by atoms with Crippen LogP contribution in [0.25, 0.3) is 0 Å². The first-order valence-corrected chi connectivity index (χ1v) is 5.84. The number of carbonyl (C=O) groups excluding carboxylic acids is 1. The van der Waals surface area contributed by atoms with E-state index in [1.165, 1.54) is 19.1 Å². The van der Waals surface area contributed by atoms with E-state index in [0.717, 1.165) is 0 Å². The van der Waals surface area contributed by atoms with Gasteiger partial charge in [-0.05, 0) is 19.1 Å². The van der Waals surface area contributed by atoms with Gasteiger partial charge in [0.1, 0.15) is 12.3 Å². The molecule has 0 atom stereocenters. The standard InChI is InChI=1S/C12H13F3N2O4/c1-7-8(11(19)20)2-3-9(17-7)10(18)16-4-5-21-6-12(13,14)15/h2-3H,4-6H2,1H3,(H,16,18)(H,19,20). The number of halogens is 3. The molecule has 1 heterocycles. The Kier molecular flexibility index (Phi) is 5.65. The van der Waals surface area contributed by atoms with Gasteiger partial charge in [0.05, 0.1) is 17.9 Å². The SMILES string of the molecule is Cc1nc(C(=O)NCCOCC(F)(F)F)ccc1C(=O)O. The molecule has 0 saturated heterocycles. The summed E-state index contributed by atoms with van der Waals surface area (Å²) in [5, 5.41) is 11.1. The van der Waals surface area contributed by atoms with Crippen LogP contribution in [0.5, 0.6) is 0 Å². The molecule has 0 aliphatic rings. The molecule has 0 aliphatic carbocycles. The van der Waals surface area contributed by atoms with Crippen molar-refractivity contribution in [2.75, 3.05) is 19.8 Å².